The Kier molecular flexibility index (Phi) is 5.22. The van der Waals surface area contributed by atoms with Crippen molar-refractivity contribution in [1.82, 2.24) is 25.1 Å². The molecule has 1 atom stereocenters. The average Bonchev–Trinajstić information content (AvgIpc) is 3.09. The second-order valence-electron chi connectivity index (χ2n) is 6.19. The third kappa shape index (κ3) is 4.30. The molecule has 0 saturated heterocycles. The largest absolute Gasteiger partial charge is 0.416 e. The molecule has 2 aromatic carbocycles. The van der Waals surface area contributed by atoms with Crippen LogP contribution >= 0.6 is 0 Å². The molecule has 3 rings (SSSR count). The summed E-state index contributed by atoms with van der Waals surface area (Å²) < 4.78 is 52.6. The maximum absolute atomic E-state index is 13.1. The minimum Gasteiger partial charge on any atom is -0.292 e. The molecule has 0 N–H and O–H groups in total. The van der Waals surface area contributed by atoms with Gasteiger partial charge < -0.3 is 0 Å². The molecule has 0 saturated carbocycles. The number of tetrazole rings is 1. The van der Waals surface area contributed by atoms with Crippen molar-refractivity contribution in [3.63, 3.8) is 0 Å². The lowest BCUT2D eigenvalue weighted by atomic mass is 10.1. The van der Waals surface area contributed by atoms with E-state index < -0.39 is 11.7 Å². The van der Waals surface area contributed by atoms with Gasteiger partial charge in [0, 0.05) is 6.04 Å². The molecule has 9 heteroatoms. The lowest BCUT2D eigenvalue weighted by Gasteiger charge is -2.24. The highest BCUT2D eigenvalue weighted by Crippen LogP contribution is 2.29. The van der Waals surface area contributed by atoms with Crippen molar-refractivity contribution < 1.29 is 17.6 Å². The van der Waals surface area contributed by atoms with Crippen molar-refractivity contribution in [3.8, 4) is 5.69 Å². The van der Waals surface area contributed by atoms with E-state index in [4.69, 9.17) is 0 Å². The molecule has 142 valence electrons. The fraction of sp³-hybridized carbons (Fsp3) is 0.278. The van der Waals surface area contributed by atoms with E-state index in [0.717, 1.165) is 17.7 Å². The van der Waals surface area contributed by atoms with Crippen LogP contribution in [0.1, 0.15) is 29.9 Å². The van der Waals surface area contributed by atoms with Crippen LogP contribution < -0.4 is 0 Å². The summed E-state index contributed by atoms with van der Waals surface area (Å²) in [5.41, 5.74) is 0.626. The van der Waals surface area contributed by atoms with Gasteiger partial charge in [-0.15, -0.1) is 5.10 Å². The van der Waals surface area contributed by atoms with Gasteiger partial charge in [-0.25, -0.2) is 4.39 Å². The third-order valence-electron chi connectivity index (χ3n) is 4.38. The Morgan fingerprint density at radius 2 is 1.67 bits per heavy atom. The molecule has 3 aromatic rings. The first kappa shape index (κ1) is 19.0. The van der Waals surface area contributed by atoms with Crippen molar-refractivity contribution in [2.24, 2.45) is 0 Å². The van der Waals surface area contributed by atoms with Gasteiger partial charge in [0.2, 0.25) is 0 Å². The summed E-state index contributed by atoms with van der Waals surface area (Å²) >= 11 is 0. The van der Waals surface area contributed by atoms with Gasteiger partial charge in [0.25, 0.3) is 0 Å². The number of rotatable bonds is 5. The van der Waals surface area contributed by atoms with E-state index in [0.29, 0.717) is 18.1 Å². The van der Waals surface area contributed by atoms with Crippen LogP contribution in [0, 0.1) is 5.82 Å². The van der Waals surface area contributed by atoms with Crippen molar-refractivity contribution in [1.29, 1.82) is 0 Å². The topological polar surface area (TPSA) is 46.8 Å². The van der Waals surface area contributed by atoms with Gasteiger partial charge in [-0.05, 0) is 66.4 Å². The number of hydrogen-bond acceptors (Lipinski definition) is 4. The Morgan fingerprint density at radius 1 is 1.04 bits per heavy atom. The average molecular weight is 379 g/mol. The van der Waals surface area contributed by atoms with Crippen LogP contribution in [0.25, 0.3) is 5.69 Å². The van der Waals surface area contributed by atoms with Crippen molar-refractivity contribution in [2.75, 3.05) is 7.05 Å². The number of nitrogens with zero attached hydrogens (tertiary/aromatic N) is 5. The molecular weight excluding hydrogens is 362 g/mol. The van der Waals surface area contributed by atoms with Gasteiger partial charge in [-0.3, -0.25) is 4.90 Å². The molecule has 0 aliphatic carbocycles. The Morgan fingerprint density at radius 3 is 2.26 bits per heavy atom. The highest BCUT2D eigenvalue weighted by Gasteiger charge is 2.30. The molecule has 0 unspecified atom stereocenters. The summed E-state index contributed by atoms with van der Waals surface area (Å²) in [6.45, 7) is 2.31. The standard InChI is InChI=1S/C18H17F4N5/c1-12(13-3-7-15(19)8-4-13)26(2)11-17-23-24-25-27(17)16-9-5-14(6-10-16)18(20,21)22/h3-10,12H,11H2,1-2H3/t12-/m0/s1. The Bertz CT molecular complexity index is 887. The fourth-order valence-electron chi connectivity index (χ4n) is 2.65. The minimum absolute atomic E-state index is 0.0386. The molecule has 1 heterocycles. The quantitative estimate of drug-likeness (QED) is 0.629. The molecular formula is C18H17F4N5. The molecule has 0 radical (unpaired) electrons. The minimum atomic E-state index is -4.40. The molecule has 27 heavy (non-hydrogen) atoms. The third-order valence-corrected chi connectivity index (χ3v) is 4.38. The number of alkyl halides is 3. The Labute approximate surface area is 153 Å². The zero-order chi connectivity index (χ0) is 19.6. The second kappa shape index (κ2) is 7.43. The van der Waals surface area contributed by atoms with Crippen LogP contribution in [0.4, 0.5) is 17.6 Å². The molecule has 0 amide bonds. The normalized spacial score (nSPS) is 13.1. The monoisotopic (exact) mass is 379 g/mol. The first-order chi connectivity index (χ1) is 12.8. The first-order valence-corrected chi connectivity index (χ1v) is 8.16. The molecule has 5 nitrogen and oxygen atoms in total. The fourth-order valence-corrected chi connectivity index (χ4v) is 2.65. The predicted molar refractivity (Wildman–Crippen MR) is 90.4 cm³/mol. The highest BCUT2D eigenvalue weighted by atomic mass is 19.4. The molecule has 0 fully saturated rings. The van der Waals surface area contributed by atoms with Crippen LogP contribution in [-0.4, -0.2) is 32.2 Å². The smallest absolute Gasteiger partial charge is 0.292 e. The van der Waals surface area contributed by atoms with Gasteiger partial charge >= 0.3 is 6.18 Å². The first-order valence-electron chi connectivity index (χ1n) is 8.16. The predicted octanol–water partition coefficient (Wildman–Crippen LogP) is 4.01. The summed E-state index contributed by atoms with van der Waals surface area (Å²) in [7, 11) is 1.86. The summed E-state index contributed by atoms with van der Waals surface area (Å²) in [6, 6.07) is 10.8. The number of aromatic nitrogens is 4. The van der Waals surface area contributed by atoms with E-state index in [2.05, 4.69) is 15.5 Å². The molecule has 0 spiro atoms. The van der Waals surface area contributed by atoms with Crippen LogP contribution in [0.15, 0.2) is 48.5 Å². The molecule has 0 bridgehead atoms. The van der Waals surface area contributed by atoms with Crippen LogP contribution in [0.2, 0.25) is 0 Å². The van der Waals surface area contributed by atoms with Gasteiger partial charge in [-0.1, -0.05) is 12.1 Å². The maximum atomic E-state index is 13.1. The highest BCUT2D eigenvalue weighted by molar-refractivity contribution is 5.35. The number of hydrogen-bond donors (Lipinski definition) is 0. The van der Waals surface area contributed by atoms with Crippen molar-refractivity contribution in [2.45, 2.75) is 25.7 Å². The van der Waals surface area contributed by atoms with E-state index in [1.807, 2.05) is 18.9 Å². The summed E-state index contributed by atoms with van der Waals surface area (Å²) in [6.07, 6.45) is -4.40. The maximum Gasteiger partial charge on any atom is 0.416 e. The van der Waals surface area contributed by atoms with Gasteiger partial charge in [-0.2, -0.15) is 17.9 Å². The van der Waals surface area contributed by atoms with E-state index in [1.165, 1.54) is 28.9 Å². The molecule has 0 aliphatic heterocycles. The lowest BCUT2D eigenvalue weighted by Crippen LogP contribution is -2.24. The molecule has 1 aromatic heterocycles. The van der Waals surface area contributed by atoms with E-state index in [1.54, 1.807) is 12.1 Å². The van der Waals surface area contributed by atoms with E-state index in [-0.39, 0.29) is 11.9 Å². The number of benzene rings is 2. The summed E-state index contributed by atoms with van der Waals surface area (Å²) in [5.74, 6) is 0.172. The van der Waals surface area contributed by atoms with Crippen molar-refractivity contribution in [3.05, 3.63) is 71.3 Å². The van der Waals surface area contributed by atoms with Crippen LogP contribution in [0.5, 0.6) is 0 Å². The van der Waals surface area contributed by atoms with Crippen LogP contribution in [0.3, 0.4) is 0 Å². The number of halogens is 4. The van der Waals surface area contributed by atoms with Gasteiger partial charge in [0.15, 0.2) is 5.82 Å². The Balaban J connectivity index is 1.77. The summed E-state index contributed by atoms with van der Waals surface area (Å²) in [5, 5.41) is 11.5. The SMILES string of the molecule is C[C@@H](c1ccc(F)cc1)N(C)Cc1nnnn1-c1ccc(C(F)(F)F)cc1. The Hall–Kier alpha value is -2.81. The molecule has 0 aliphatic rings. The van der Waals surface area contributed by atoms with Gasteiger partial charge in [0.05, 0.1) is 17.8 Å². The van der Waals surface area contributed by atoms with Crippen LogP contribution in [-0.2, 0) is 12.7 Å². The van der Waals surface area contributed by atoms with Gasteiger partial charge in [0.1, 0.15) is 5.82 Å². The second-order valence-corrected chi connectivity index (χ2v) is 6.19. The zero-order valence-electron chi connectivity index (χ0n) is 14.7. The zero-order valence-corrected chi connectivity index (χ0v) is 14.7. The van der Waals surface area contributed by atoms with Crippen molar-refractivity contribution >= 4 is 0 Å². The summed E-state index contributed by atoms with van der Waals surface area (Å²) in [4.78, 5) is 1.96. The van der Waals surface area contributed by atoms with E-state index in [9.17, 15) is 17.6 Å². The van der Waals surface area contributed by atoms with E-state index >= 15 is 0 Å². The lowest BCUT2D eigenvalue weighted by molar-refractivity contribution is -0.137.